The van der Waals surface area contributed by atoms with Gasteiger partial charge in [-0.15, -0.1) is 12.4 Å². The smallest absolute Gasteiger partial charge is 0.267 e. The van der Waals surface area contributed by atoms with Crippen LogP contribution < -0.4 is 5.73 Å². The average Bonchev–Trinajstić information content (AvgIpc) is 2.53. The maximum absolute atomic E-state index is 11.6. The zero-order chi connectivity index (χ0) is 17.3. The third-order valence-corrected chi connectivity index (χ3v) is 5.70. The second-order valence-corrected chi connectivity index (χ2v) is 7.73. The van der Waals surface area contributed by atoms with Crippen molar-refractivity contribution in [3.05, 3.63) is 29.6 Å². The highest BCUT2D eigenvalue weighted by atomic mass is 35.5. The summed E-state index contributed by atoms with van der Waals surface area (Å²) < 4.78 is 6.21. The molecule has 2 aliphatic rings. The number of fused-ring (bicyclic) bond motifs is 2. The Bertz CT molecular complexity index is 594. The number of primary amides is 1. The van der Waals surface area contributed by atoms with Crippen LogP contribution in [0.5, 0.6) is 0 Å². The number of likely N-dealkylation sites (tertiary alicyclic amines) is 1. The molecule has 140 valence electrons. The van der Waals surface area contributed by atoms with Crippen LogP contribution in [0.25, 0.3) is 0 Å². The van der Waals surface area contributed by atoms with Crippen molar-refractivity contribution in [2.24, 2.45) is 23.5 Å². The molecular formula is C19H30ClN3O2. The molecule has 6 heteroatoms. The quantitative estimate of drug-likeness (QED) is 0.868. The monoisotopic (exact) mass is 367 g/mol. The van der Waals surface area contributed by atoms with Gasteiger partial charge in [0.1, 0.15) is 11.3 Å². The summed E-state index contributed by atoms with van der Waals surface area (Å²) in [5, 5.41) is 0. The molecule has 0 spiro atoms. The summed E-state index contributed by atoms with van der Waals surface area (Å²) in [6.07, 6.45) is 5.26. The summed E-state index contributed by atoms with van der Waals surface area (Å²) in [5.41, 5.74) is 6.51. The van der Waals surface area contributed by atoms with Crippen LogP contribution in [0.3, 0.4) is 0 Å². The van der Waals surface area contributed by atoms with Gasteiger partial charge in [0.2, 0.25) is 0 Å². The van der Waals surface area contributed by atoms with Gasteiger partial charge in [-0.2, -0.15) is 0 Å². The lowest BCUT2D eigenvalue weighted by Crippen LogP contribution is -2.59. The zero-order valence-electron chi connectivity index (χ0n) is 15.4. The summed E-state index contributed by atoms with van der Waals surface area (Å²) in [5.74, 6) is 1.07. The zero-order valence-corrected chi connectivity index (χ0v) is 16.2. The Morgan fingerprint density at radius 3 is 2.56 bits per heavy atom. The molecule has 3 atom stereocenters. The molecule has 2 fully saturated rings. The number of piperidine rings is 1. The molecule has 1 aliphatic carbocycles. The number of carbonyl (C=O) groups is 1. The summed E-state index contributed by atoms with van der Waals surface area (Å²) in [4.78, 5) is 18.3. The van der Waals surface area contributed by atoms with Gasteiger partial charge >= 0.3 is 0 Å². The lowest BCUT2D eigenvalue weighted by molar-refractivity contribution is -0.170. The number of pyridine rings is 1. The van der Waals surface area contributed by atoms with Crippen molar-refractivity contribution in [1.82, 2.24) is 9.88 Å². The number of hydrogen-bond acceptors (Lipinski definition) is 4. The van der Waals surface area contributed by atoms with Gasteiger partial charge in [-0.25, -0.2) is 0 Å². The number of amides is 1. The van der Waals surface area contributed by atoms with Gasteiger partial charge in [0.25, 0.3) is 5.91 Å². The minimum atomic E-state index is -0.481. The van der Waals surface area contributed by atoms with E-state index >= 15 is 0 Å². The van der Waals surface area contributed by atoms with Crippen molar-refractivity contribution >= 4 is 18.3 Å². The molecule has 1 aliphatic heterocycles. The molecule has 1 amide bonds. The van der Waals surface area contributed by atoms with E-state index < -0.39 is 5.91 Å². The van der Waals surface area contributed by atoms with Crippen LogP contribution in [-0.4, -0.2) is 42.5 Å². The van der Waals surface area contributed by atoms with E-state index in [2.05, 4.69) is 23.7 Å². The molecule has 0 radical (unpaired) electrons. The van der Waals surface area contributed by atoms with Gasteiger partial charge in [0.05, 0.1) is 0 Å². The van der Waals surface area contributed by atoms with Crippen molar-refractivity contribution in [3.8, 4) is 0 Å². The Labute approximate surface area is 156 Å². The molecule has 1 unspecified atom stereocenters. The SMILES string of the molecule is COC1(c2ccnc(C(N)=O)c2)[C@@H]2CCC[C@H]1CN(CC(C)C)C2.Cl. The summed E-state index contributed by atoms with van der Waals surface area (Å²) in [6.45, 7) is 7.79. The van der Waals surface area contributed by atoms with E-state index in [1.165, 1.54) is 6.42 Å². The lowest BCUT2D eigenvalue weighted by Gasteiger charge is -2.55. The lowest BCUT2D eigenvalue weighted by atomic mass is 9.62. The number of nitrogens with zero attached hydrogens (tertiary/aromatic N) is 2. The van der Waals surface area contributed by atoms with Crippen LogP contribution in [0.4, 0.5) is 0 Å². The third kappa shape index (κ3) is 3.69. The Morgan fingerprint density at radius 1 is 1.40 bits per heavy atom. The van der Waals surface area contributed by atoms with E-state index in [0.29, 0.717) is 23.4 Å². The predicted octanol–water partition coefficient (Wildman–Crippen LogP) is 2.83. The Morgan fingerprint density at radius 2 is 2.04 bits per heavy atom. The third-order valence-electron chi connectivity index (χ3n) is 5.70. The first-order valence-electron chi connectivity index (χ1n) is 9.01. The van der Waals surface area contributed by atoms with E-state index in [9.17, 15) is 4.79 Å². The largest absolute Gasteiger partial charge is 0.373 e. The van der Waals surface area contributed by atoms with E-state index in [1.807, 2.05) is 19.2 Å². The summed E-state index contributed by atoms with van der Waals surface area (Å²) >= 11 is 0. The Kier molecular flexibility index (Phi) is 6.46. The normalized spacial score (nSPS) is 29.3. The highest BCUT2D eigenvalue weighted by molar-refractivity contribution is 5.90. The van der Waals surface area contributed by atoms with Gasteiger partial charge in [-0.3, -0.25) is 9.78 Å². The number of methoxy groups -OCH3 is 1. The van der Waals surface area contributed by atoms with Crippen molar-refractivity contribution in [3.63, 3.8) is 0 Å². The van der Waals surface area contributed by atoms with Crippen LogP contribution in [0.1, 0.15) is 49.2 Å². The van der Waals surface area contributed by atoms with Crippen molar-refractivity contribution < 1.29 is 9.53 Å². The molecule has 2 bridgehead atoms. The van der Waals surface area contributed by atoms with Gasteiger partial charge in [0, 0.05) is 44.8 Å². The number of halogens is 1. The van der Waals surface area contributed by atoms with Gasteiger partial charge in [0.15, 0.2) is 0 Å². The number of rotatable bonds is 5. The van der Waals surface area contributed by atoms with Gasteiger partial charge < -0.3 is 15.4 Å². The molecule has 2 N–H and O–H groups in total. The van der Waals surface area contributed by atoms with E-state index in [-0.39, 0.29) is 18.0 Å². The number of nitrogens with two attached hydrogens (primary N) is 1. The molecule has 0 aromatic carbocycles. The minimum absolute atomic E-state index is 0. The maximum Gasteiger partial charge on any atom is 0.267 e. The van der Waals surface area contributed by atoms with E-state index in [4.69, 9.17) is 10.5 Å². The molecule has 1 saturated carbocycles. The molecule has 25 heavy (non-hydrogen) atoms. The van der Waals surface area contributed by atoms with Crippen LogP contribution in [0.15, 0.2) is 18.3 Å². The fourth-order valence-electron chi connectivity index (χ4n) is 4.92. The molecule has 2 heterocycles. The molecular weight excluding hydrogens is 338 g/mol. The number of carbonyl (C=O) groups excluding carboxylic acids is 1. The number of hydrogen-bond donors (Lipinski definition) is 1. The molecule has 1 aromatic rings. The summed E-state index contributed by atoms with van der Waals surface area (Å²) in [7, 11) is 1.81. The molecule has 1 saturated heterocycles. The Hall–Kier alpha value is -1.17. The first kappa shape index (κ1) is 20.1. The van der Waals surface area contributed by atoms with Crippen LogP contribution >= 0.6 is 12.4 Å². The topological polar surface area (TPSA) is 68.5 Å². The van der Waals surface area contributed by atoms with Crippen molar-refractivity contribution in [1.29, 1.82) is 0 Å². The first-order chi connectivity index (χ1) is 11.5. The molecule has 1 aromatic heterocycles. The fourth-order valence-corrected chi connectivity index (χ4v) is 4.92. The van der Waals surface area contributed by atoms with Crippen LogP contribution in [0, 0.1) is 17.8 Å². The molecule has 3 rings (SSSR count). The van der Waals surface area contributed by atoms with Gasteiger partial charge in [-0.1, -0.05) is 20.3 Å². The van der Waals surface area contributed by atoms with Crippen LogP contribution in [0.2, 0.25) is 0 Å². The number of ether oxygens (including phenoxy) is 1. The fraction of sp³-hybridized carbons (Fsp3) is 0.684. The van der Waals surface area contributed by atoms with Crippen molar-refractivity contribution in [2.45, 2.75) is 38.7 Å². The highest BCUT2D eigenvalue weighted by Gasteiger charge is 2.53. The van der Waals surface area contributed by atoms with Crippen molar-refractivity contribution in [2.75, 3.05) is 26.7 Å². The van der Waals surface area contributed by atoms with Gasteiger partial charge in [-0.05, 0) is 36.5 Å². The minimum Gasteiger partial charge on any atom is -0.373 e. The van der Waals surface area contributed by atoms with E-state index in [0.717, 1.165) is 38.0 Å². The highest BCUT2D eigenvalue weighted by Crippen LogP contribution is 2.51. The standard InChI is InChI=1S/C19H29N3O2.ClH/c1-13(2)10-22-11-15-5-4-6-16(12-22)19(15,24-3)14-7-8-21-17(9-14)18(20)23;/h7-9,13,15-16H,4-6,10-12H2,1-3H3,(H2,20,23);1H/t15-,16+,19?;. The number of aromatic nitrogens is 1. The maximum atomic E-state index is 11.6. The Balaban J connectivity index is 0.00000225. The molecule has 5 nitrogen and oxygen atoms in total. The predicted molar refractivity (Wildman–Crippen MR) is 101 cm³/mol. The average molecular weight is 368 g/mol. The summed E-state index contributed by atoms with van der Waals surface area (Å²) in [6, 6.07) is 3.84. The van der Waals surface area contributed by atoms with Crippen LogP contribution in [-0.2, 0) is 10.3 Å². The second kappa shape index (κ2) is 8.02. The first-order valence-corrected chi connectivity index (χ1v) is 9.01. The van der Waals surface area contributed by atoms with E-state index in [1.54, 1.807) is 6.20 Å². The second-order valence-electron chi connectivity index (χ2n) is 7.73.